The number of nitro groups is 1. The Kier molecular flexibility index (Phi) is 4.19. The molecule has 3 aliphatic heterocycles. The first-order valence-electron chi connectivity index (χ1n) is 10.9. The smallest absolute Gasteiger partial charge is 0.407 e. The van der Waals surface area contributed by atoms with Gasteiger partial charge in [0.25, 0.3) is 11.6 Å². The summed E-state index contributed by atoms with van der Waals surface area (Å²) in [5, 5.41) is 21.9. The van der Waals surface area contributed by atoms with Crippen molar-refractivity contribution in [2.75, 3.05) is 11.4 Å². The van der Waals surface area contributed by atoms with Crippen LogP contribution in [0, 0.1) is 15.9 Å². The molecule has 2 bridgehead atoms. The number of hydrogen-bond acceptors (Lipinski definition) is 5. The average Bonchev–Trinajstić information content (AvgIpc) is 3.48. The zero-order chi connectivity index (χ0) is 24.6. The van der Waals surface area contributed by atoms with Gasteiger partial charge in [-0.15, -0.1) is 0 Å². The Hall–Kier alpha value is -4.54. The lowest BCUT2D eigenvalue weighted by molar-refractivity contribution is -0.383. The molecule has 3 atom stereocenters. The van der Waals surface area contributed by atoms with Gasteiger partial charge in [0.15, 0.2) is 5.54 Å². The van der Waals surface area contributed by atoms with E-state index < -0.39 is 46.4 Å². The number of nitrogens with zero attached hydrogens (tertiary/aromatic N) is 4. The Balaban J connectivity index is 1.58. The Labute approximate surface area is 196 Å². The number of piperazine rings is 1. The van der Waals surface area contributed by atoms with Crippen LogP contribution in [-0.4, -0.2) is 56.5 Å². The van der Waals surface area contributed by atoms with Gasteiger partial charge in [0.2, 0.25) is 0 Å². The van der Waals surface area contributed by atoms with E-state index in [-0.39, 0.29) is 29.7 Å². The Morgan fingerprint density at radius 2 is 1.74 bits per heavy atom. The number of anilines is 1. The number of hydrogen-bond donors (Lipinski definition) is 1. The van der Waals surface area contributed by atoms with E-state index >= 15 is 0 Å². The number of halogens is 1. The standard InChI is InChI=1S/C24H17FN4O6/c25-14-7-5-13(6-8-14)24-20-11-15(12-26(20)23(32)33)28(24)22(31)27(21(24)30)18-9-10-19(29(34)35)17-4-2-1-3-16(17)18/h1-10,15,20H,11-12H2,(H,32,33). The molecule has 3 saturated heterocycles. The third kappa shape index (κ3) is 2.54. The molecule has 0 radical (unpaired) electrons. The van der Waals surface area contributed by atoms with Crippen molar-refractivity contribution >= 4 is 40.2 Å². The Morgan fingerprint density at radius 1 is 1.06 bits per heavy atom. The summed E-state index contributed by atoms with van der Waals surface area (Å²) < 4.78 is 13.8. The molecule has 10 nitrogen and oxygen atoms in total. The number of nitro benzene ring substituents is 1. The second-order valence-corrected chi connectivity index (χ2v) is 8.81. The molecule has 11 heteroatoms. The lowest BCUT2D eigenvalue weighted by Crippen LogP contribution is -2.62. The van der Waals surface area contributed by atoms with Crippen molar-refractivity contribution in [3.8, 4) is 0 Å². The highest BCUT2D eigenvalue weighted by Crippen LogP contribution is 2.55. The molecular weight excluding hydrogens is 459 g/mol. The van der Waals surface area contributed by atoms with E-state index in [0.717, 1.165) is 9.80 Å². The number of imide groups is 1. The number of carbonyl (C=O) groups is 3. The molecule has 3 aliphatic rings. The SMILES string of the molecule is O=C(O)N1CC2CC1C1(c3ccc(F)cc3)C(=O)N(c3ccc([N+](=O)[O-])c4ccccc34)C(=O)N21. The van der Waals surface area contributed by atoms with Gasteiger partial charge in [-0.2, -0.15) is 0 Å². The predicted molar refractivity (Wildman–Crippen MR) is 120 cm³/mol. The molecular formula is C24H17FN4O6. The van der Waals surface area contributed by atoms with Crippen LogP contribution in [0.25, 0.3) is 10.8 Å². The molecule has 176 valence electrons. The fourth-order valence-corrected chi connectivity index (χ4v) is 5.97. The van der Waals surface area contributed by atoms with E-state index in [4.69, 9.17) is 0 Å². The van der Waals surface area contributed by atoms with Gasteiger partial charge < -0.3 is 5.11 Å². The molecule has 1 N–H and O–H groups in total. The van der Waals surface area contributed by atoms with Gasteiger partial charge in [-0.25, -0.2) is 18.9 Å². The quantitative estimate of drug-likeness (QED) is 0.349. The number of likely N-dealkylation sites (tertiary alicyclic amines) is 1. The van der Waals surface area contributed by atoms with Crippen LogP contribution < -0.4 is 4.90 Å². The monoisotopic (exact) mass is 476 g/mol. The Bertz CT molecular complexity index is 1460. The van der Waals surface area contributed by atoms with Crippen LogP contribution in [0.2, 0.25) is 0 Å². The van der Waals surface area contributed by atoms with Crippen LogP contribution in [0.3, 0.4) is 0 Å². The summed E-state index contributed by atoms with van der Waals surface area (Å²) in [4.78, 5) is 54.6. The van der Waals surface area contributed by atoms with Gasteiger partial charge >= 0.3 is 12.1 Å². The van der Waals surface area contributed by atoms with Gasteiger partial charge in [0.05, 0.1) is 28.1 Å². The van der Waals surface area contributed by atoms with E-state index in [1.165, 1.54) is 47.4 Å². The summed E-state index contributed by atoms with van der Waals surface area (Å²) in [7, 11) is 0. The van der Waals surface area contributed by atoms with Crippen LogP contribution in [0.4, 0.5) is 25.4 Å². The largest absolute Gasteiger partial charge is 0.465 e. The van der Waals surface area contributed by atoms with Gasteiger partial charge in [0.1, 0.15) is 5.82 Å². The summed E-state index contributed by atoms with van der Waals surface area (Å²) in [6, 6.07) is 12.1. The van der Waals surface area contributed by atoms with Crippen molar-refractivity contribution < 1.29 is 28.8 Å². The molecule has 3 aromatic carbocycles. The molecule has 35 heavy (non-hydrogen) atoms. The molecule has 6 rings (SSSR count). The summed E-state index contributed by atoms with van der Waals surface area (Å²) in [5.74, 6) is -1.21. The minimum atomic E-state index is -1.67. The number of benzene rings is 3. The molecule has 3 heterocycles. The van der Waals surface area contributed by atoms with Crippen molar-refractivity contribution in [3.63, 3.8) is 0 Å². The lowest BCUT2D eigenvalue weighted by atomic mass is 9.82. The molecule has 0 aromatic heterocycles. The molecule has 3 unspecified atom stereocenters. The normalized spacial score (nSPS) is 25.0. The maximum atomic E-state index is 14.2. The number of non-ortho nitro benzene ring substituents is 1. The highest BCUT2D eigenvalue weighted by molar-refractivity contribution is 6.27. The molecule has 0 aliphatic carbocycles. The fraction of sp³-hybridized carbons (Fsp3) is 0.208. The lowest BCUT2D eigenvalue weighted by Gasteiger charge is -2.43. The first-order chi connectivity index (χ1) is 16.8. The third-order valence-electron chi connectivity index (χ3n) is 7.28. The van der Waals surface area contributed by atoms with E-state index in [0.29, 0.717) is 10.9 Å². The summed E-state index contributed by atoms with van der Waals surface area (Å²) in [6.07, 6.45) is -0.936. The van der Waals surface area contributed by atoms with Gasteiger partial charge in [-0.05, 0) is 36.2 Å². The van der Waals surface area contributed by atoms with Crippen LogP contribution in [-0.2, 0) is 10.3 Å². The summed E-state index contributed by atoms with van der Waals surface area (Å²) >= 11 is 0. The van der Waals surface area contributed by atoms with Crippen molar-refractivity contribution in [2.24, 2.45) is 0 Å². The van der Waals surface area contributed by atoms with Gasteiger partial charge in [-0.3, -0.25) is 24.7 Å². The van der Waals surface area contributed by atoms with Crippen LogP contribution in [0.5, 0.6) is 0 Å². The summed E-state index contributed by atoms with van der Waals surface area (Å²) in [6.45, 7) is 0.0524. The molecule has 0 spiro atoms. The minimum absolute atomic E-state index is 0.0524. The van der Waals surface area contributed by atoms with Crippen molar-refractivity contribution in [1.82, 2.24) is 9.80 Å². The second kappa shape index (κ2) is 6.98. The zero-order valence-electron chi connectivity index (χ0n) is 18.0. The highest BCUT2D eigenvalue weighted by atomic mass is 19.1. The molecule has 0 saturated carbocycles. The molecule has 3 aromatic rings. The van der Waals surface area contributed by atoms with Crippen molar-refractivity contribution in [3.05, 3.63) is 82.2 Å². The minimum Gasteiger partial charge on any atom is -0.465 e. The average molecular weight is 476 g/mol. The van der Waals surface area contributed by atoms with Crippen molar-refractivity contribution in [1.29, 1.82) is 0 Å². The maximum Gasteiger partial charge on any atom is 0.407 e. The Morgan fingerprint density at radius 3 is 2.40 bits per heavy atom. The van der Waals surface area contributed by atoms with Gasteiger partial charge in [-0.1, -0.05) is 30.3 Å². The van der Waals surface area contributed by atoms with E-state index in [9.17, 15) is 34.0 Å². The van der Waals surface area contributed by atoms with Crippen LogP contribution >= 0.6 is 0 Å². The van der Waals surface area contributed by atoms with E-state index in [2.05, 4.69) is 0 Å². The third-order valence-corrected chi connectivity index (χ3v) is 7.28. The van der Waals surface area contributed by atoms with Gasteiger partial charge in [0, 0.05) is 18.0 Å². The molecule has 3 fully saturated rings. The first-order valence-corrected chi connectivity index (χ1v) is 10.9. The topological polar surface area (TPSA) is 124 Å². The number of urea groups is 1. The number of fused-ring (bicyclic) bond motifs is 6. The van der Waals surface area contributed by atoms with E-state index in [1.54, 1.807) is 18.2 Å². The van der Waals surface area contributed by atoms with Crippen LogP contribution in [0.15, 0.2) is 60.7 Å². The predicted octanol–water partition coefficient (Wildman–Crippen LogP) is 3.69. The highest BCUT2D eigenvalue weighted by Gasteiger charge is 2.73. The van der Waals surface area contributed by atoms with E-state index in [1.807, 2.05) is 0 Å². The number of rotatable bonds is 3. The fourth-order valence-electron chi connectivity index (χ4n) is 5.97. The number of amides is 4. The maximum absolute atomic E-state index is 14.2. The van der Waals surface area contributed by atoms with Crippen LogP contribution in [0.1, 0.15) is 12.0 Å². The number of carbonyl (C=O) groups excluding carboxylic acids is 2. The molecule has 4 amide bonds. The summed E-state index contributed by atoms with van der Waals surface area (Å²) in [5.41, 5.74) is -1.37. The zero-order valence-corrected chi connectivity index (χ0v) is 18.0. The number of carboxylic acid groups (broad SMARTS) is 1. The second-order valence-electron chi connectivity index (χ2n) is 8.81. The first kappa shape index (κ1) is 21.0. The van der Waals surface area contributed by atoms with Crippen molar-refractivity contribution in [2.45, 2.75) is 24.0 Å².